The first-order chi connectivity index (χ1) is 31.6. The van der Waals surface area contributed by atoms with Crippen molar-refractivity contribution in [1.29, 1.82) is 0 Å². The van der Waals surface area contributed by atoms with Gasteiger partial charge in [0.1, 0.15) is 22.3 Å². The Morgan fingerprint density at radius 3 is 1.52 bits per heavy atom. The summed E-state index contributed by atoms with van der Waals surface area (Å²) in [6, 6.07) is 75.0. The van der Waals surface area contributed by atoms with Gasteiger partial charge in [0.2, 0.25) is 0 Å². The van der Waals surface area contributed by atoms with Crippen LogP contribution in [0.3, 0.4) is 0 Å². The van der Waals surface area contributed by atoms with Crippen LogP contribution < -0.4 is 0 Å². The largest absolute Gasteiger partial charge is 0.455 e. The van der Waals surface area contributed by atoms with Crippen LogP contribution in [0.2, 0.25) is 0 Å². The molecule has 0 saturated carbocycles. The maximum atomic E-state index is 6.72. The fourth-order valence-corrected chi connectivity index (χ4v) is 10.3. The standard InChI is InChI=1S/C60H38N2O2/c1-60(40-18-6-3-7-19-40)51-27-11-8-20-42(51)43-33-31-39(35-52(43)60)54-36-53(61-59(62-54)37-16-4-2-5-17-37)38-30-32-41(46-23-14-24-47-44-21-9-12-28-55(44)63-57(46)47)50(34-38)49-26-15-25-48-45-22-10-13-29-56(45)64-58(48)49/h2-36H,1H3. The molecule has 12 aromatic rings. The minimum Gasteiger partial charge on any atom is -0.455 e. The zero-order valence-electron chi connectivity index (χ0n) is 34.9. The van der Waals surface area contributed by atoms with E-state index in [1.165, 1.54) is 27.8 Å². The molecule has 0 bridgehead atoms. The predicted molar refractivity (Wildman–Crippen MR) is 261 cm³/mol. The molecule has 0 N–H and O–H groups in total. The molecule has 3 heterocycles. The quantitative estimate of drug-likeness (QED) is 0.168. The number of para-hydroxylation sites is 4. The van der Waals surface area contributed by atoms with Crippen molar-refractivity contribution >= 4 is 43.9 Å². The van der Waals surface area contributed by atoms with Gasteiger partial charge in [-0.25, -0.2) is 9.97 Å². The Bertz CT molecular complexity index is 3810. The Hall–Kier alpha value is -8.34. The molecule has 300 valence electrons. The van der Waals surface area contributed by atoms with Crippen LogP contribution in [0.15, 0.2) is 221 Å². The molecule has 4 nitrogen and oxygen atoms in total. The average molecular weight is 819 g/mol. The molecule has 0 amide bonds. The smallest absolute Gasteiger partial charge is 0.160 e. The van der Waals surface area contributed by atoms with Crippen LogP contribution in [0, 0.1) is 0 Å². The van der Waals surface area contributed by atoms with Gasteiger partial charge in [-0.1, -0.05) is 182 Å². The van der Waals surface area contributed by atoms with Crippen molar-refractivity contribution in [2.24, 2.45) is 0 Å². The number of fused-ring (bicyclic) bond motifs is 9. The van der Waals surface area contributed by atoms with Gasteiger partial charge >= 0.3 is 0 Å². The molecule has 1 aliphatic carbocycles. The summed E-state index contributed by atoms with van der Waals surface area (Å²) in [5.41, 5.74) is 18.1. The van der Waals surface area contributed by atoms with Crippen LogP contribution in [0.25, 0.3) is 111 Å². The molecule has 0 saturated heterocycles. The van der Waals surface area contributed by atoms with Crippen LogP contribution in [0.1, 0.15) is 23.6 Å². The number of aromatic nitrogens is 2. The van der Waals surface area contributed by atoms with Gasteiger partial charge in [-0.2, -0.15) is 0 Å². The van der Waals surface area contributed by atoms with E-state index in [0.29, 0.717) is 5.82 Å². The maximum Gasteiger partial charge on any atom is 0.160 e. The van der Waals surface area contributed by atoms with Crippen LogP contribution in [0.4, 0.5) is 0 Å². The number of nitrogens with zero attached hydrogens (tertiary/aromatic N) is 2. The molecule has 1 atom stereocenters. The first-order valence-corrected chi connectivity index (χ1v) is 21.8. The van der Waals surface area contributed by atoms with Gasteiger partial charge in [-0.3, -0.25) is 0 Å². The van der Waals surface area contributed by atoms with Crippen molar-refractivity contribution in [3.05, 3.63) is 229 Å². The number of hydrogen-bond acceptors (Lipinski definition) is 4. The third-order valence-corrected chi connectivity index (χ3v) is 13.4. The van der Waals surface area contributed by atoms with Crippen LogP contribution in [-0.4, -0.2) is 9.97 Å². The van der Waals surface area contributed by atoms with E-state index in [-0.39, 0.29) is 5.41 Å². The van der Waals surface area contributed by atoms with Gasteiger partial charge in [-0.05, 0) is 76.2 Å². The second-order valence-corrected chi connectivity index (χ2v) is 16.9. The van der Waals surface area contributed by atoms with Crippen molar-refractivity contribution in [3.63, 3.8) is 0 Å². The van der Waals surface area contributed by atoms with Crippen molar-refractivity contribution in [2.75, 3.05) is 0 Å². The Morgan fingerprint density at radius 2 is 0.844 bits per heavy atom. The minimum atomic E-state index is -0.341. The topological polar surface area (TPSA) is 52.1 Å². The Morgan fingerprint density at radius 1 is 0.344 bits per heavy atom. The second-order valence-electron chi connectivity index (χ2n) is 16.9. The fraction of sp³-hybridized carbons (Fsp3) is 0.0333. The van der Waals surface area contributed by atoms with Crippen molar-refractivity contribution in [3.8, 4) is 67.3 Å². The first-order valence-electron chi connectivity index (χ1n) is 21.8. The highest BCUT2D eigenvalue weighted by Gasteiger charge is 2.40. The Kier molecular flexibility index (Phi) is 8.00. The lowest BCUT2D eigenvalue weighted by atomic mass is 9.74. The van der Waals surface area contributed by atoms with E-state index in [0.717, 1.165) is 94.2 Å². The highest BCUT2D eigenvalue weighted by molar-refractivity contribution is 6.14. The molecule has 9 aromatic carbocycles. The number of rotatable bonds is 6. The first kappa shape index (κ1) is 36.3. The number of furan rings is 2. The molecule has 1 aliphatic rings. The van der Waals surface area contributed by atoms with E-state index in [1.54, 1.807) is 0 Å². The van der Waals surface area contributed by atoms with Gasteiger partial charge in [0.05, 0.1) is 11.4 Å². The summed E-state index contributed by atoms with van der Waals surface area (Å²) < 4.78 is 13.4. The summed E-state index contributed by atoms with van der Waals surface area (Å²) in [7, 11) is 0. The van der Waals surface area contributed by atoms with Gasteiger partial charge in [0.15, 0.2) is 5.82 Å². The fourth-order valence-electron chi connectivity index (χ4n) is 10.3. The maximum absolute atomic E-state index is 6.72. The summed E-state index contributed by atoms with van der Waals surface area (Å²) in [4.78, 5) is 10.7. The highest BCUT2D eigenvalue weighted by Crippen LogP contribution is 2.53. The predicted octanol–water partition coefficient (Wildman–Crippen LogP) is 15.9. The zero-order chi connectivity index (χ0) is 42.4. The van der Waals surface area contributed by atoms with Gasteiger partial charge in [0, 0.05) is 54.8 Å². The van der Waals surface area contributed by atoms with E-state index < -0.39 is 0 Å². The third-order valence-electron chi connectivity index (χ3n) is 13.4. The summed E-state index contributed by atoms with van der Waals surface area (Å²) >= 11 is 0. The molecule has 13 rings (SSSR count). The van der Waals surface area contributed by atoms with E-state index in [9.17, 15) is 0 Å². The van der Waals surface area contributed by atoms with Crippen LogP contribution in [-0.2, 0) is 5.41 Å². The monoisotopic (exact) mass is 818 g/mol. The van der Waals surface area contributed by atoms with E-state index in [2.05, 4.69) is 177 Å². The minimum absolute atomic E-state index is 0.341. The lowest BCUT2D eigenvalue weighted by Crippen LogP contribution is -2.22. The van der Waals surface area contributed by atoms with Crippen LogP contribution in [0.5, 0.6) is 0 Å². The average Bonchev–Trinajstić information content (AvgIpc) is 4.03. The van der Waals surface area contributed by atoms with Crippen molar-refractivity contribution in [1.82, 2.24) is 9.97 Å². The molecule has 1 unspecified atom stereocenters. The zero-order valence-corrected chi connectivity index (χ0v) is 34.9. The molecule has 64 heavy (non-hydrogen) atoms. The molecule has 0 spiro atoms. The third kappa shape index (κ3) is 5.49. The summed E-state index contributed by atoms with van der Waals surface area (Å²) in [5.74, 6) is 0.666. The molecule has 0 aliphatic heterocycles. The Labute approximate surface area is 369 Å². The molecule has 0 radical (unpaired) electrons. The van der Waals surface area contributed by atoms with E-state index in [1.807, 2.05) is 42.5 Å². The Balaban J connectivity index is 1.04. The highest BCUT2D eigenvalue weighted by atomic mass is 16.3. The second kappa shape index (κ2) is 14.1. The molecule has 4 heteroatoms. The van der Waals surface area contributed by atoms with Crippen molar-refractivity contribution in [2.45, 2.75) is 12.3 Å². The number of benzene rings is 9. The lowest BCUT2D eigenvalue weighted by molar-refractivity contribution is 0.669. The van der Waals surface area contributed by atoms with Crippen LogP contribution >= 0.6 is 0 Å². The molecule has 3 aromatic heterocycles. The van der Waals surface area contributed by atoms with Gasteiger partial charge < -0.3 is 8.83 Å². The number of hydrogen-bond donors (Lipinski definition) is 0. The summed E-state index contributed by atoms with van der Waals surface area (Å²) in [6.45, 7) is 2.36. The van der Waals surface area contributed by atoms with Gasteiger partial charge in [0.25, 0.3) is 0 Å². The molecular weight excluding hydrogens is 781 g/mol. The van der Waals surface area contributed by atoms with E-state index in [4.69, 9.17) is 18.8 Å². The van der Waals surface area contributed by atoms with E-state index >= 15 is 0 Å². The van der Waals surface area contributed by atoms with Crippen molar-refractivity contribution < 1.29 is 8.83 Å². The SMILES string of the molecule is CC1(c2ccccc2)c2ccccc2-c2ccc(-c3cc(-c4ccc(-c5cccc6c5oc5ccccc56)c(-c5cccc6c5oc5ccccc56)c4)nc(-c4ccccc4)n3)cc21. The normalized spacial score (nSPS) is 14.4. The molecule has 0 fully saturated rings. The lowest BCUT2D eigenvalue weighted by Gasteiger charge is -2.28. The summed E-state index contributed by atoms with van der Waals surface area (Å²) in [6.07, 6.45) is 0. The molecular formula is C60H38N2O2. The summed E-state index contributed by atoms with van der Waals surface area (Å²) in [5, 5.41) is 4.34. The van der Waals surface area contributed by atoms with Gasteiger partial charge in [-0.15, -0.1) is 0 Å².